The Balaban J connectivity index is 2.53. The molecule has 0 bridgehead atoms. The van der Waals surface area contributed by atoms with Gasteiger partial charge in [0.25, 0.3) is 0 Å². The fourth-order valence-electron chi connectivity index (χ4n) is 3.23. The molecule has 0 aliphatic carbocycles. The molecule has 14 nitrogen and oxygen atoms in total. The van der Waals surface area contributed by atoms with Gasteiger partial charge >= 0.3 is 5.97 Å². The summed E-state index contributed by atoms with van der Waals surface area (Å²) < 4.78 is 0. The van der Waals surface area contributed by atoms with E-state index in [0.29, 0.717) is 25.8 Å². The van der Waals surface area contributed by atoms with Gasteiger partial charge in [-0.15, -0.1) is 0 Å². The smallest absolute Gasteiger partial charge is 0.326 e. The Bertz CT molecular complexity index is 739. The molecule has 0 radical (unpaired) electrons. The molecule has 0 aromatic carbocycles. The van der Waals surface area contributed by atoms with Crippen LogP contribution in [0.2, 0.25) is 0 Å². The molecule has 180 valence electrons. The minimum Gasteiger partial charge on any atom is -0.480 e. The topological polar surface area (TPSA) is 249 Å². The van der Waals surface area contributed by atoms with Gasteiger partial charge in [0.05, 0.1) is 12.6 Å². The lowest BCUT2D eigenvalue weighted by Crippen LogP contribution is -2.53. The number of rotatable bonds is 13. The Hall–Kier alpha value is -3.42. The molecule has 0 spiro atoms. The molecular weight excluding hydrogens is 424 g/mol. The van der Waals surface area contributed by atoms with Gasteiger partial charge < -0.3 is 43.6 Å². The number of carboxylic acids is 1. The molecule has 14 heteroatoms. The average Bonchev–Trinajstić information content (AvgIpc) is 3.21. The molecule has 32 heavy (non-hydrogen) atoms. The van der Waals surface area contributed by atoms with E-state index in [1.165, 1.54) is 4.90 Å². The van der Waals surface area contributed by atoms with Crippen molar-refractivity contribution in [2.45, 2.75) is 56.7 Å². The van der Waals surface area contributed by atoms with E-state index in [4.69, 9.17) is 22.9 Å². The number of amides is 4. The maximum absolute atomic E-state index is 12.5. The number of carbonyl (C=O) groups is 5. The Morgan fingerprint density at radius 2 is 1.81 bits per heavy atom. The molecule has 11 N–H and O–H groups in total. The SMILES string of the molecule is NC(=O)CCC(N)C(=O)N1CCCC1C(=O)NCC(=O)NC(CCCN=C(N)N)C(=O)O. The number of primary amides is 1. The van der Waals surface area contributed by atoms with E-state index < -0.39 is 54.3 Å². The van der Waals surface area contributed by atoms with Crippen LogP contribution in [0.1, 0.15) is 38.5 Å². The highest BCUT2D eigenvalue weighted by Crippen LogP contribution is 2.19. The van der Waals surface area contributed by atoms with Gasteiger partial charge in [-0.25, -0.2) is 4.79 Å². The third kappa shape index (κ3) is 9.16. The van der Waals surface area contributed by atoms with Gasteiger partial charge in [0.1, 0.15) is 12.1 Å². The summed E-state index contributed by atoms with van der Waals surface area (Å²) in [5.41, 5.74) is 21.3. The molecule has 0 saturated carbocycles. The van der Waals surface area contributed by atoms with Crippen LogP contribution in [0.25, 0.3) is 0 Å². The van der Waals surface area contributed by atoms with E-state index in [-0.39, 0.29) is 31.8 Å². The van der Waals surface area contributed by atoms with Crippen molar-refractivity contribution in [2.24, 2.45) is 27.9 Å². The van der Waals surface area contributed by atoms with E-state index in [9.17, 15) is 29.1 Å². The number of guanidine groups is 1. The number of hydrogen-bond acceptors (Lipinski definition) is 7. The second-order valence-corrected chi connectivity index (χ2v) is 7.43. The van der Waals surface area contributed by atoms with E-state index >= 15 is 0 Å². The van der Waals surface area contributed by atoms with Crippen molar-refractivity contribution in [3.8, 4) is 0 Å². The van der Waals surface area contributed by atoms with Crippen LogP contribution < -0.4 is 33.6 Å². The fourth-order valence-corrected chi connectivity index (χ4v) is 3.23. The highest BCUT2D eigenvalue weighted by Gasteiger charge is 2.36. The second kappa shape index (κ2) is 13.1. The van der Waals surface area contributed by atoms with E-state index in [2.05, 4.69) is 15.6 Å². The number of nitrogens with zero attached hydrogens (tertiary/aromatic N) is 2. The zero-order valence-electron chi connectivity index (χ0n) is 17.8. The van der Waals surface area contributed by atoms with Gasteiger partial charge in [-0.1, -0.05) is 0 Å². The van der Waals surface area contributed by atoms with E-state index in [0.717, 1.165) is 0 Å². The van der Waals surface area contributed by atoms with Crippen molar-refractivity contribution >= 4 is 35.6 Å². The maximum Gasteiger partial charge on any atom is 0.326 e. The first-order chi connectivity index (χ1) is 15.0. The number of carboxylic acid groups (broad SMARTS) is 1. The Morgan fingerprint density at radius 1 is 1.12 bits per heavy atom. The van der Waals surface area contributed by atoms with Crippen LogP contribution in [0, 0.1) is 0 Å². The first-order valence-corrected chi connectivity index (χ1v) is 10.2. The maximum atomic E-state index is 12.5. The summed E-state index contributed by atoms with van der Waals surface area (Å²) in [5, 5.41) is 14.0. The molecule has 0 aromatic rings. The van der Waals surface area contributed by atoms with Crippen molar-refractivity contribution < 1.29 is 29.1 Å². The zero-order chi connectivity index (χ0) is 24.3. The molecule has 3 unspecified atom stereocenters. The summed E-state index contributed by atoms with van der Waals surface area (Å²) in [6.07, 6.45) is 1.42. The minimum absolute atomic E-state index is 0.0471. The molecule has 1 heterocycles. The zero-order valence-corrected chi connectivity index (χ0v) is 17.8. The summed E-state index contributed by atoms with van der Waals surface area (Å²) >= 11 is 0. The number of nitrogens with two attached hydrogens (primary N) is 4. The third-order valence-corrected chi connectivity index (χ3v) is 4.86. The lowest BCUT2D eigenvalue weighted by Gasteiger charge is -2.26. The quantitative estimate of drug-likeness (QED) is 0.0817. The van der Waals surface area contributed by atoms with Crippen molar-refractivity contribution in [3.05, 3.63) is 0 Å². The molecule has 1 aliphatic rings. The lowest BCUT2D eigenvalue weighted by molar-refractivity contribution is -0.142. The van der Waals surface area contributed by atoms with Crippen LogP contribution in [0.3, 0.4) is 0 Å². The summed E-state index contributed by atoms with van der Waals surface area (Å²) in [7, 11) is 0. The highest BCUT2D eigenvalue weighted by atomic mass is 16.4. The summed E-state index contributed by atoms with van der Waals surface area (Å²) in [6, 6.07) is -2.93. The van der Waals surface area contributed by atoms with Gasteiger partial charge in [0.2, 0.25) is 23.6 Å². The monoisotopic (exact) mass is 456 g/mol. The van der Waals surface area contributed by atoms with Crippen LogP contribution in [-0.4, -0.2) is 83.3 Å². The van der Waals surface area contributed by atoms with Crippen molar-refractivity contribution in [1.29, 1.82) is 0 Å². The Kier molecular flexibility index (Phi) is 10.9. The molecule has 0 aromatic heterocycles. The molecular formula is C18H32N8O6. The molecule has 3 atom stereocenters. The van der Waals surface area contributed by atoms with Crippen LogP contribution in [0.4, 0.5) is 0 Å². The summed E-state index contributed by atoms with van der Waals surface area (Å²) in [5.74, 6) is -3.64. The first-order valence-electron chi connectivity index (χ1n) is 10.2. The molecule has 1 fully saturated rings. The largest absolute Gasteiger partial charge is 0.480 e. The second-order valence-electron chi connectivity index (χ2n) is 7.43. The third-order valence-electron chi connectivity index (χ3n) is 4.86. The normalized spacial score (nSPS) is 17.2. The fraction of sp³-hybridized carbons (Fsp3) is 0.667. The number of hydrogen-bond donors (Lipinski definition) is 7. The Morgan fingerprint density at radius 3 is 2.41 bits per heavy atom. The van der Waals surface area contributed by atoms with Gasteiger partial charge in [0.15, 0.2) is 5.96 Å². The number of aliphatic imine (C=N–C) groups is 1. The van der Waals surface area contributed by atoms with Crippen LogP contribution >= 0.6 is 0 Å². The van der Waals surface area contributed by atoms with Crippen molar-refractivity contribution in [1.82, 2.24) is 15.5 Å². The van der Waals surface area contributed by atoms with Gasteiger partial charge in [0, 0.05) is 19.5 Å². The van der Waals surface area contributed by atoms with Gasteiger partial charge in [-0.05, 0) is 32.1 Å². The predicted octanol–water partition coefficient (Wildman–Crippen LogP) is -3.69. The number of aliphatic carboxylic acids is 1. The Labute approximate surface area is 185 Å². The van der Waals surface area contributed by atoms with Crippen LogP contribution in [0.15, 0.2) is 4.99 Å². The standard InChI is InChI=1S/C18H32N8O6/c19-10(5-6-13(20)27)16(30)26-8-2-4-12(26)15(29)24-9-14(28)25-11(17(31)32)3-1-7-23-18(21)22/h10-12H,1-9,19H2,(H2,20,27)(H,24,29)(H,25,28)(H,31,32)(H4,21,22,23). The number of nitrogens with one attached hydrogen (secondary N) is 2. The van der Waals surface area contributed by atoms with Gasteiger partial charge in [-0.3, -0.25) is 24.2 Å². The summed E-state index contributed by atoms with van der Waals surface area (Å²) in [6.45, 7) is 0.0822. The molecule has 1 saturated heterocycles. The lowest BCUT2D eigenvalue weighted by atomic mass is 10.1. The van der Waals surface area contributed by atoms with Crippen molar-refractivity contribution in [3.63, 3.8) is 0 Å². The molecule has 1 aliphatic heterocycles. The van der Waals surface area contributed by atoms with Crippen LogP contribution in [0.5, 0.6) is 0 Å². The average molecular weight is 457 g/mol. The highest BCUT2D eigenvalue weighted by molar-refractivity contribution is 5.93. The molecule has 4 amide bonds. The first kappa shape index (κ1) is 26.6. The van der Waals surface area contributed by atoms with Gasteiger partial charge in [-0.2, -0.15) is 0 Å². The number of likely N-dealkylation sites (tertiary alicyclic amines) is 1. The number of carbonyl (C=O) groups excluding carboxylic acids is 4. The van der Waals surface area contributed by atoms with E-state index in [1.54, 1.807) is 0 Å². The summed E-state index contributed by atoms with van der Waals surface area (Å²) in [4.78, 5) is 64.3. The predicted molar refractivity (Wildman–Crippen MR) is 114 cm³/mol. The van der Waals surface area contributed by atoms with E-state index in [1.807, 2.05) is 0 Å². The molecule has 1 rings (SSSR count). The van der Waals surface area contributed by atoms with Crippen molar-refractivity contribution in [2.75, 3.05) is 19.6 Å². The minimum atomic E-state index is -1.23. The van der Waals surface area contributed by atoms with Crippen LogP contribution in [-0.2, 0) is 24.0 Å².